The van der Waals surface area contributed by atoms with Crippen LogP contribution in [0, 0.1) is 5.82 Å². The van der Waals surface area contributed by atoms with Crippen LogP contribution < -0.4 is 5.73 Å². The molecule has 0 heterocycles. The van der Waals surface area contributed by atoms with Crippen LogP contribution in [0.5, 0.6) is 0 Å². The smallest absolute Gasteiger partial charge is 0.193 e. The predicted molar refractivity (Wildman–Crippen MR) is 74.7 cm³/mol. The van der Waals surface area contributed by atoms with Crippen LogP contribution >= 0.6 is 0 Å². The summed E-state index contributed by atoms with van der Waals surface area (Å²) in [6, 6.07) is 11.6. The lowest BCUT2D eigenvalue weighted by molar-refractivity contribution is 0.103. The Kier molecular flexibility index (Phi) is 3.95. The van der Waals surface area contributed by atoms with Crippen LogP contribution in [-0.4, -0.2) is 5.78 Å². The molecule has 19 heavy (non-hydrogen) atoms. The lowest BCUT2D eigenvalue weighted by Gasteiger charge is -2.05. The number of rotatable bonds is 4. The van der Waals surface area contributed by atoms with Crippen molar-refractivity contribution in [2.24, 2.45) is 0 Å². The maximum atomic E-state index is 13.4. The molecule has 0 amide bonds. The second-order valence-electron chi connectivity index (χ2n) is 4.52. The number of benzene rings is 2. The summed E-state index contributed by atoms with van der Waals surface area (Å²) >= 11 is 0. The van der Waals surface area contributed by atoms with Crippen LogP contribution in [0.15, 0.2) is 42.5 Å². The number of carbonyl (C=O) groups is 1. The van der Waals surface area contributed by atoms with E-state index in [0.717, 1.165) is 18.4 Å². The summed E-state index contributed by atoms with van der Waals surface area (Å²) in [4.78, 5) is 12.3. The standard InChI is InChI=1S/C16H16FNO/c1-2-4-11-5-3-6-12(9-11)16(19)13-7-8-15(18)14(17)10-13/h3,5-10H,2,4,18H2,1H3. The Hall–Kier alpha value is -2.16. The van der Waals surface area contributed by atoms with Crippen molar-refractivity contribution in [3.63, 3.8) is 0 Å². The van der Waals surface area contributed by atoms with Gasteiger partial charge in [0, 0.05) is 11.1 Å². The van der Waals surface area contributed by atoms with E-state index in [0.29, 0.717) is 11.1 Å². The highest BCUT2D eigenvalue weighted by molar-refractivity contribution is 6.09. The van der Waals surface area contributed by atoms with Crippen LogP contribution in [-0.2, 0) is 6.42 Å². The van der Waals surface area contributed by atoms with Gasteiger partial charge in [-0.2, -0.15) is 0 Å². The first-order valence-corrected chi connectivity index (χ1v) is 6.30. The quantitative estimate of drug-likeness (QED) is 0.672. The van der Waals surface area contributed by atoms with Crippen molar-refractivity contribution in [3.8, 4) is 0 Å². The van der Waals surface area contributed by atoms with E-state index in [-0.39, 0.29) is 11.5 Å². The number of nitrogen functional groups attached to an aromatic ring is 1. The SMILES string of the molecule is CCCc1cccc(C(=O)c2ccc(N)c(F)c2)c1. The molecule has 0 aliphatic rings. The van der Waals surface area contributed by atoms with Crippen molar-refractivity contribution >= 4 is 11.5 Å². The minimum Gasteiger partial charge on any atom is -0.396 e. The van der Waals surface area contributed by atoms with Gasteiger partial charge < -0.3 is 5.73 Å². The van der Waals surface area contributed by atoms with Crippen LogP contribution in [0.3, 0.4) is 0 Å². The van der Waals surface area contributed by atoms with Gasteiger partial charge in [0.05, 0.1) is 5.69 Å². The number of ketones is 1. The molecule has 0 bridgehead atoms. The molecule has 0 unspecified atom stereocenters. The topological polar surface area (TPSA) is 43.1 Å². The zero-order valence-corrected chi connectivity index (χ0v) is 10.8. The fourth-order valence-corrected chi connectivity index (χ4v) is 1.99. The summed E-state index contributed by atoms with van der Waals surface area (Å²) in [6.45, 7) is 2.09. The van der Waals surface area contributed by atoms with Crippen molar-refractivity contribution in [2.45, 2.75) is 19.8 Å². The van der Waals surface area contributed by atoms with Gasteiger partial charge in [-0.25, -0.2) is 4.39 Å². The molecular formula is C16H16FNO. The highest BCUT2D eigenvalue weighted by atomic mass is 19.1. The largest absolute Gasteiger partial charge is 0.396 e. The molecule has 0 aromatic heterocycles. The average molecular weight is 257 g/mol. The number of carbonyl (C=O) groups excluding carboxylic acids is 1. The normalized spacial score (nSPS) is 10.4. The Labute approximate surface area is 112 Å². The average Bonchev–Trinajstić information content (AvgIpc) is 2.42. The summed E-state index contributed by atoms with van der Waals surface area (Å²) in [5.74, 6) is -0.743. The van der Waals surface area contributed by atoms with Gasteiger partial charge >= 0.3 is 0 Å². The first-order chi connectivity index (χ1) is 9.11. The summed E-state index contributed by atoms with van der Waals surface area (Å²) in [5.41, 5.74) is 7.47. The van der Waals surface area contributed by atoms with E-state index < -0.39 is 5.82 Å². The lowest BCUT2D eigenvalue weighted by Crippen LogP contribution is -2.03. The van der Waals surface area contributed by atoms with E-state index in [1.807, 2.05) is 18.2 Å². The number of aryl methyl sites for hydroxylation is 1. The maximum absolute atomic E-state index is 13.4. The molecule has 3 heteroatoms. The molecule has 98 valence electrons. The molecule has 0 spiro atoms. The third-order valence-corrected chi connectivity index (χ3v) is 2.99. The van der Waals surface area contributed by atoms with Gasteiger partial charge in [-0.3, -0.25) is 4.79 Å². The molecule has 0 radical (unpaired) electrons. The Morgan fingerprint density at radius 3 is 2.58 bits per heavy atom. The number of hydrogen-bond donors (Lipinski definition) is 1. The number of hydrogen-bond acceptors (Lipinski definition) is 2. The van der Waals surface area contributed by atoms with Crippen molar-refractivity contribution in [1.29, 1.82) is 0 Å². The minimum atomic E-state index is -0.560. The highest BCUT2D eigenvalue weighted by Crippen LogP contribution is 2.17. The van der Waals surface area contributed by atoms with Gasteiger partial charge in [0.25, 0.3) is 0 Å². The summed E-state index contributed by atoms with van der Waals surface area (Å²) in [6.07, 6.45) is 1.95. The summed E-state index contributed by atoms with van der Waals surface area (Å²) < 4.78 is 13.4. The van der Waals surface area contributed by atoms with Crippen LogP contribution in [0.4, 0.5) is 10.1 Å². The van der Waals surface area contributed by atoms with Crippen molar-refractivity contribution in [3.05, 3.63) is 65.0 Å². The Bertz CT molecular complexity index is 607. The van der Waals surface area contributed by atoms with Gasteiger partial charge in [-0.05, 0) is 36.2 Å². The molecule has 0 aliphatic carbocycles. The van der Waals surface area contributed by atoms with Crippen molar-refractivity contribution in [2.75, 3.05) is 5.73 Å². The highest BCUT2D eigenvalue weighted by Gasteiger charge is 2.11. The molecule has 2 aromatic carbocycles. The Balaban J connectivity index is 2.32. The zero-order valence-electron chi connectivity index (χ0n) is 10.8. The molecule has 0 fully saturated rings. The Morgan fingerprint density at radius 1 is 1.16 bits per heavy atom. The van der Waals surface area contributed by atoms with Crippen molar-refractivity contribution in [1.82, 2.24) is 0 Å². The second-order valence-corrected chi connectivity index (χ2v) is 4.52. The summed E-state index contributed by atoms with van der Waals surface area (Å²) in [7, 11) is 0. The predicted octanol–water partition coefficient (Wildman–Crippen LogP) is 3.59. The number of nitrogens with two attached hydrogens (primary N) is 1. The molecular weight excluding hydrogens is 241 g/mol. The van der Waals surface area contributed by atoms with Crippen LogP contribution in [0.25, 0.3) is 0 Å². The second kappa shape index (κ2) is 5.65. The van der Waals surface area contributed by atoms with Gasteiger partial charge in [-0.15, -0.1) is 0 Å². The number of anilines is 1. The first-order valence-electron chi connectivity index (χ1n) is 6.30. The van der Waals surface area contributed by atoms with E-state index in [9.17, 15) is 9.18 Å². The van der Waals surface area contributed by atoms with Crippen LogP contribution in [0.1, 0.15) is 34.8 Å². The van der Waals surface area contributed by atoms with E-state index in [1.54, 1.807) is 12.1 Å². The molecule has 0 aliphatic heterocycles. The zero-order chi connectivity index (χ0) is 13.8. The maximum Gasteiger partial charge on any atom is 0.193 e. The van der Waals surface area contributed by atoms with Gasteiger partial charge in [0.1, 0.15) is 5.82 Å². The fourth-order valence-electron chi connectivity index (χ4n) is 1.99. The van der Waals surface area contributed by atoms with E-state index in [1.165, 1.54) is 12.1 Å². The molecule has 0 atom stereocenters. The molecule has 0 saturated heterocycles. The Morgan fingerprint density at radius 2 is 1.89 bits per heavy atom. The van der Waals surface area contributed by atoms with Crippen LogP contribution in [0.2, 0.25) is 0 Å². The lowest BCUT2D eigenvalue weighted by atomic mass is 9.99. The fraction of sp³-hybridized carbons (Fsp3) is 0.188. The molecule has 2 N–H and O–H groups in total. The molecule has 2 rings (SSSR count). The third-order valence-electron chi connectivity index (χ3n) is 2.99. The number of halogens is 1. The van der Waals surface area contributed by atoms with Gasteiger partial charge in [-0.1, -0.05) is 31.5 Å². The first kappa shape index (κ1) is 13.3. The van der Waals surface area contributed by atoms with E-state index in [2.05, 4.69) is 6.92 Å². The minimum absolute atomic E-state index is 0.0521. The van der Waals surface area contributed by atoms with E-state index >= 15 is 0 Å². The monoisotopic (exact) mass is 257 g/mol. The molecule has 0 saturated carbocycles. The van der Waals surface area contributed by atoms with Crippen molar-refractivity contribution < 1.29 is 9.18 Å². The molecule has 2 aromatic rings. The van der Waals surface area contributed by atoms with E-state index in [4.69, 9.17) is 5.73 Å². The van der Waals surface area contributed by atoms with Gasteiger partial charge in [0.15, 0.2) is 5.78 Å². The summed E-state index contributed by atoms with van der Waals surface area (Å²) in [5, 5.41) is 0. The molecule has 2 nitrogen and oxygen atoms in total. The third kappa shape index (κ3) is 2.99. The van der Waals surface area contributed by atoms with Gasteiger partial charge in [0.2, 0.25) is 0 Å².